The molecule has 0 atom stereocenters. The molecule has 0 amide bonds. The second-order valence-corrected chi connectivity index (χ2v) is 7.05. The van der Waals surface area contributed by atoms with Gasteiger partial charge in [0.2, 0.25) is 0 Å². The Kier molecular flexibility index (Phi) is 4.34. The molecule has 0 bridgehead atoms. The van der Waals surface area contributed by atoms with Gasteiger partial charge < -0.3 is 10.0 Å². The molecule has 0 radical (unpaired) electrons. The molecule has 23 heavy (non-hydrogen) atoms. The summed E-state index contributed by atoms with van der Waals surface area (Å²) >= 11 is 0. The van der Waals surface area contributed by atoms with Crippen molar-refractivity contribution in [3.05, 3.63) is 60.2 Å². The first-order valence-electron chi connectivity index (χ1n) is 7.47. The van der Waals surface area contributed by atoms with Crippen molar-refractivity contribution < 1.29 is 13.5 Å². The lowest BCUT2D eigenvalue weighted by molar-refractivity contribution is 0.419. The molecule has 0 aliphatic carbocycles. The van der Waals surface area contributed by atoms with Crippen LogP contribution in [-0.2, 0) is 16.6 Å². The molecule has 1 aliphatic heterocycles. The fraction of sp³-hybridized carbons (Fsp3) is 0.235. The summed E-state index contributed by atoms with van der Waals surface area (Å²) in [5, 5.41) is 9.88. The van der Waals surface area contributed by atoms with Gasteiger partial charge in [0.25, 0.3) is 10.0 Å². The summed E-state index contributed by atoms with van der Waals surface area (Å²) in [6.45, 7) is 1.19. The van der Waals surface area contributed by atoms with E-state index in [4.69, 9.17) is 0 Å². The SMILES string of the molecule is O=S(=O)(/N=C1\CCCN1Cc1ccccc1O)c1ccccc1. The quantitative estimate of drug-likeness (QED) is 0.936. The summed E-state index contributed by atoms with van der Waals surface area (Å²) in [7, 11) is -3.70. The smallest absolute Gasteiger partial charge is 0.283 e. The molecule has 0 aromatic heterocycles. The van der Waals surface area contributed by atoms with Gasteiger partial charge in [0, 0.05) is 25.1 Å². The number of benzene rings is 2. The summed E-state index contributed by atoms with van der Waals surface area (Å²) in [4.78, 5) is 2.11. The van der Waals surface area contributed by atoms with Gasteiger partial charge in [0.1, 0.15) is 11.6 Å². The van der Waals surface area contributed by atoms with Gasteiger partial charge in [-0.1, -0.05) is 36.4 Å². The zero-order valence-corrected chi connectivity index (χ0v) is 13.4. The van der Waals surface area contributed by atoms with Crippen molar-refractivity contribution in [3.8, 4) is 5.75 Å². The Balaban J connectivity index is 1.86. The second-order valence-electron chi connectivity index (χ2n) is 5.45. The van der Waals surface area contributed by atoms with Crippen LogP contribution in [0.5, 0.6) is 5.75 Å². The second kappa shape index (κ2) is 6.42. The van der Waals surface area contributed by atoms with E-state index in [0.29, 0.717) is 18.8 Å². The van der Waals surface area contributed by atoms with Crippen molar-refractivity contribution in [2.45, 2.75) is 24.3 Å². The van der Waals surface area contributed by atoms with Crippen molar-refractivity contribution in [1.82, 2.24) is 4.90 Å². The van der Waals surface area contributed by atoms with Crippen LogP contribution in [0, 0.1) is 0 Å². The molecule has 1 saturated heterocycles. The summed E-state index contributed by atoms with van der Waals surface area (Å²) in [5.74, 6) is 0.766. The topological polar surface area (TPSA) is 70.0 Å². The van der Waals surface area contributed by atoms with Crippen LogP contribution >= 0.6 is 0 Å². The zero-order valence-electron chi connectivity index (χ0n) is 12.6. The van der Waals surface area contributed by atoms with Gasteiger partial charge in [-0.05, 0) is 24.6 Å². The molecular formula is C17H18N2O3S. The third-order valence-corrected chi connectivity index (χ3v) is 5.13. The molecule has 6 heteroatoms. The predicted octanol–water partition coefficient (Wildman–Crippen LogP) is 2.78. The maximum absolute atomic E-state index is 12.4. The van der Waals surface area contributed by atoms with E-state index in [-0.39, 0.29) is 10.6 Å². The van der Waals surface area contributed by atoms with Crippen molar-refractivity contribution in [3.63, 3.8) is 0 Å². The summed E-state index contributed by atoms with van der Waals surface area (Å²) < 4.78 is 28.8. The van der Waals surface area contributed by atoms with Crippen molar-refractivity contribution in [2.24, 2.45) is 4.40 Å². The van der Waals surface area contributed by atoms with Crippen LogP contribution in [0.4, 0.5) is 0 Å². The molecule has 120 valence electrons. The minimum atomic E-state index is -3.70. The molecule has 0 saturated carbocycles. The largest absolute Gasteiger partial charge is 0.508 e. The van der Waals surface area contributed by atoms with Gasteiger partial charge in [0.15, 0.2) is 0 Å². The van der Waals surface area contributed by atoms with Gasteiger partial charge in [-0.2, -0.15) is 8.42 Å². The molecule has 3 rings (SSSR count). The van der Waals surface area contributed by atoms with Crippen LogP contribution in [0.25, 0.3) is 0 Å². The number of amidine groups is 1. The molecule has 1 aliphatic rings. The van der Waals surface area contributed by atoms with E-state index in [1.807, 2.05) is 17.0 Å². The highest BCUT2D eigenvalue weighted by atomic mass is 32.2. The van der Waals surface area contributed by atoms with Gasteiger partial charge in [-0.25, -0.2) is 0 Å². The Morgan fingerprint density at radius 1 is 1.04 bits per heavy atom. The molecule has 2 aromatic rings. The van der Waals surface area contributed by atoms with Crippen LogP contribution < -0.4 is 0 Å². The van der Waals surface area contributed by atoms with E-state index >= 15 is 0 Å². The van der Waals surface area contributed by atoms with Crippen molar-refractivity contribution in [2.75, 3.05) is 6.54 Å². The van der Waals surface area contributed by atoms with Gasteiger partial charge in [0.05, 0.1) is 4.90 Å². The Morgan fingerprint density at radius 2 is 1.74 bits per heavy atom. The third kappa shape index (κ3) is 3.53. The molecule has 1 N–H and O–H groups in total. The van der Waals surface area contributed by atoms with Crippen LogP contribution in [-0.4, -0.2) is 30.8 Å². The predicted molar refractivity (Wildman–Crippen MR) is 88.8 cm³/mol. The number of para-hydroxylation sites is 1. The van der Waals surface area contributed by atoms with Gasteiger partial charge in [-0.3, -0.25) is 0 Å². The molecule has 1 heterocycles. The molecule has 0 unspecified atom stereocenters. The van der Waals surface area contributed by atoms with E-state index in [0.717, 1.165) is 18.5 Å². The number of hydrogen-bond donors (Lipinski definition) is 1. The van der Waals surface area contributed by atoms with Gasteiger partial charge >= 0.3 is 0 Å². The molecule has 2 aromatic carbocycles. The maximum atomic E-state index is 12.4. The fourth-order valence-electron chi connectivity index (χ4n) is 2.62. The van der Waals surface area contributed by atoms with E-state index in [9.17, 15) is 13.5 Å². The van der Waals surface area contributed by atoms with Crippen LogP contribution in [0.15, 0.2) is 63.9 Å². The fourth-order valence-corrected chi connectivity index (χ4v) is 3.71. The Labute approximate surface area is 136 Å². The monoisotopic (exact) mass is 330 g/mol. The summed E-state index contributed by atoms with van der Waals surface area (Å²) in [5.41, 5.74) is 0.763. The molecule has 5 nitrogen and oxygen atoms in total. The first-order chi connectivity index (χ1) is 11.1. The number of phenols is 1. The number of rotatable bonds is 4. The van der Waals surface area contributed by atoms with Crippen LogP contribution in [0.3, 0.4) is 0 Å². The Morgan fingerprint density at radius 3 is 2.48 bits per heavy atom. The number of aromatic hydroxyl groups is 1. The standard InChI is InChI=1S/C17H18N2O3S/c20-16-10-5-4-7-14(16)13-19-12-6-11-17(19)18-23(21,22)15-8-2-1-3-9-15/h1-5,7-10,20H,6,11-13H2/b18-17+. The Bertz CT molecular complexity index is 817. The highest BCUT2D eigenvalue weighted by Crippen LogP contribution is 2.23. The maximum Gasteiger partial charge on any atom is 0.283 e. The molecule has 0 spiro atoms. The number of sulfonamides is 1. The average Bonchev–Trinajstić information content (AvgIpc) is 2.97. The number of hydrogen-bond acceptors (Lipinski definition) is 3. The van der Waals surface area contributed by atoms with Crippen LogP contribution in [0.2, 0.25) is 0 Å². The first-order valence-corrected chi connectivity index (χ1v) is 8.91. The highest BCUT2D eigenvalue weighted by molar-refractivity contribution is 7.90. The summed E-state index contributed by atoms with van der Waals surface area (Å²) in [6, 6.07) is 15.3. The van der Waals surface area contributed by atoms with Crippen LogP contribution in [0.1, 0.15) is 18.4 Å². The first kappa shape index (κ1) is 15.6. The van der Waals surface area contributed by atoms with E-state index in [2.05, 4.69) is 4.40 Å². The minimum absolute atomic E-state index is 0.196. The number of phenolic OH excluding ortho intramolecular Hbond substituents is 1. The number of likely N-dealkylation sites (tertiary alicyclic amines) is 1. The Hall–Kier alpha value is -2.34. The van der Waals surface area contributed by atoms with Crippen molar-refractivity contribution in [1.29, 1.82) is 0 Å². The number of nitrogens with zero attached hydrogens (tertiary/aromatic N) is 2. The lowest BCUT2D eigenvalue weighted by Crippen LogP contribution is -2.25. The zero-order chi connectivity index (χ0) is 16.3. The average molecular weight is 330 g/mol. The van der Waals surface area contributed by atoms with Crippen molar-refractivity contribution >= 4 is 15.9 Å². The third-order valence-electron chi connectivity index (χ3n) is 3.81. The van der Waals surface area contributed by atoms with E-state index < -0.39 is 10.0 Å². The lowest BCUT2D eigenvalue weighted by Gasteiger charge is -2.19. The van der Waals surface area contributed by atoms with E-state index in [1.165, 1.54) is 0 Å². The lowest BCUT2D eigenvalue weighted by atomic mass is 10.2. The summed E-state index contributed by atoms with van der Waals surface area (Å²) in [6.07, 6.45) is 1.48. The minimum Gasteiger partial charge on any atom is -0.508 e. The molecule has 1 fully saturated rings. The normalized spacial score (nSPS) is 16.9. The highest BCUT2D eigenvalue weighted by Gasteiger charge is 2.23. The van der Waals surface area contributed by atoms with Gasteiger partial charge in [-0.15, -0.1) is 4.40 Å². The van der Waals surface area contributed by atoms with E-state index in [1.54, 1.807) is 42.5 Å². The molecular weight excluding hydrogens is 312 g/mol.